The van der Waals surface area contributed by atoms with Gasteiger partial charge in [0.2, 0.25) is 0 Å². The minimum Gasteiger partial charge on any atom is -0.337 e. The lowest BCUT2D eigenvalue weighted by Crippen LogP contribution is -2.42. The van der Waals surface area contributed by atoms with Gasteiger partial charge in [-0.1, -0.05) is 154 Å². The highest BCUT2D eigenvalue weighted by Crippen LogP contribution is 2.52. The highest BCUT2D eigenvalue weighted by atomic mass is 15.2. The lowest BCUT2D eigenvalue weighted by molar-refractivity contribution is 0.633. The quantitative estimate of drug-likeness (QED) is 0.177. The second-order valence-corrected chi connectivity index (χ2v) is 15.3. The van der Waals surface area contributed by atoms with Crippen molar-refractivity contribution in [2.75, 3.05) is 4.90 Å². The van der Waals surface area contributed by atoms with Crippen molar-refractivity contribution < 1.29 is 0 Å². The Labute approximate surface area is 306 Å². The summed E-state index contributed by atoms with van der Waals surface area (Å²) in [7, 11) is 0. The fraction of sp³-hybridized carbons (Fsp3) is 0.160. The summed E-state index contributed by atoms with van der Waals surface area (Å²) in [6, 6.07) is 51.5. The molecule has 0 radical (unpaired) electrons. The van der Waals surface area contributed by atoms with Crippen LogP contribution in [0.5, 0.6) is 0 Å². The summed E-state index contributed by atoms with van der Waals surface area (Å²) in [4.78, 5) is 2.67. The Morgan fingerprint density at radius 2 is 1.35 bits per heavy atom. The van der Waals surface area contributed by atoms with Gasteiger partial charge in [-0.05, 0) is 82.0 Å². The van der Waals surface area contributed by atoms with E-state index in [1.165, 1.54) is 82.7 Å². The lowest BCUT2D eigenvalue weighted by Gasteiger charge is -2.39. The van der Waals surface area contributed by atoms with Crippen molar-refractivity contribution in [2.24, 2.45) is 5.92 Å². The number of benzene rings is 6. The van der Waals surface area contributed by atoms with Gasteiger partial charge in [-0.3, -0.25) is 0 Å². The fourth-order valence-electron chi connectivity index (χ4n) is 9.51. The molecule has 2 atom stereocenters. The third-order valence-electron chi connectivity index (χ3n) is 12.0. The first-order valence-corrected chi connectivity index (χ1v) is 18.8. The van der Waals surface area contributed by atoms with Crippen LogP contribution in [0.1, 0.15) is 50.3 Å². The van der Waals surface area contributed by atoms with E-state index in [-0.39, 0.29) is 11.5 Å². The van der Waals surface area contributed by atoms with Crippen molar-refractivity contribution in [1.29, 1.82) is 0 Å². The summed E-state index contributed by atoms with van der Waals surface area (Å²) in [5, 5.41) is 6.47. The Kier molecular flexibility index (Phi) is 7.05. The standard InChI is InChI=1S/C50H42N2/c1-33-31-35(39-22-14-24-44-49(39)41-21-9-11-23-43(41)50(44,2)3)27-29-45(33)52(46-26-13-16-34-15-7-8-19-38(34)46)37-28-30-48-42(32-37)40-20-10-12-25-47(40)51(48)36-17-5-4-6-18-36/h4-27,29-30,32-33,37H,28,31H2,1-3H3. The SMILES string of the molecule is CC1CC(c2cccc3c2-c2ccccc2C3(C)C)=CC=C1N(c1cccc2ccccc12)C1C=c2c(n(-c3ccccc3)c3ccccc23)=CC1. The van der Waals surface area contributed by atoms with Gasteiger partial charge in [0.05, 0.1) is 11.6 Å². The molecule has 3 aliphatic rings. The average Bonchev–Trinajstić information content (AvgIpc) is 3.64. The molecule has 0 amide bonds. The van der Waals surface area contributed by atoms with Crippen LogP contribution in [-0.4, -0.2) is 10.6 Å². The van der Waals surface area contributed by atoms with Gasteiger partial charge in [0.1, 0.15) is 0 Å². The normalized spacial score (nSPS) is 18.4. The predicted molar refractivity (Wildman–Crippen MR) is 220 cm³/mol. The molecule has 0 saturated heterocycles. The Balaban J connectivity index is 1.15. The van der Waals surface area contributed by atoms with Gasteiger partial charge in [0.15, 0.2) is 0 Å². The summed E-state index contributed by atoms with van der Waals surface area (Å²) in [6.07, 6.45) is 11.8. The van der Waals surface area contributed by atoms with Gasteiger partial charge in [-0.15, -0.1) is 0 Å². The monoisotopic (exact) mass is 670 g/mol. The van der Waals surface area contributed by atoms with Crippen molar-refractivity contribution >= 4 is 45.1 Å². The van der Waals surface area contributed by atoms with E-state index in [1.807, 2.05) is 0 Å². The van der Waals surface area contributed by atoms with Crippen molar-refractivity contribution in [3.63, 3.8) is 0 Å². The molecule has 1 aromatic heterocycles. The predicted octanol–water partition coefficient (Wildman–Crippen LogP) is 10.9. The van der Waals surface area contributed by atoms with E-state index in [9.17, 15) is 0 Å². The third kappa shape index (κ3) is 4.63. The van der Waals surface area contributed by atoms with Crippen molar-refractivity contribution in [3.8, 4) is 16.8 Å². The molecular weight excluding hydrogens is 629 g/mol. The number of aromatic nitrogens is 1. The number of nitrogens with zero attached hydrogens (tertiary/aromatic N) is 2. The van der Waals surface area contributed by atoms with E-state index in [0.717, 1.165) is 12.8 Å². The minimum atomic E-state index is -0.00918. The first-order chi connectivity index (χ1) is 25.5. The van der Waals surface area contributed by atoms with Crippen molar-refractivity contribution in [2.45, 2.75) is 45.1 Å². The van der Waals surface area contributed by atoms with Crippen LogP contribution in [0.2, 0.25) is 0 Å². The van der Waals surface area contributed by atoms with E-state index >= 15 is 0 Å². The summed E-state index contributed by atoms with van der Waals surface area (Å²) in [6.45, 7) is 7.18. The number of allylic oxidation sites excluding steroid dienone is 4. The summed E-state index contributed by atoms with van der Waals surface area (Å²) in [5.74, 6) is 0.319. The summed E-state index contributed by atoms with van der Waals surface area (Å²) >= 11 is 0. The van der Waals surface area contributed by atoms with Gasteiger partial charge in [0.25, 0.3) is 0 Å². The van der Waals surface area contributed by atoms with Crippen molar-refractivity contribution in [1.82, 2.24) is 4.57 Å². The van der Waals surface area contributed by atoms with Crippen LogP contribution in [0.25, 0.3) is 56.2 Å². The van der Waals surface area contributed by atoms with Crippen LogP contribution in [-0.2, 0) is 5.41 Å². The Morgan fingerprint density at radius 1 is 0.654 bits per heavy atom. The number of fused-ring (bicyclic) bond motifs is 7. The molecule has 7 aromatic rings. The van der Waals surface area contributed by atoms with Crippen LogP contribution in [0.15, 0.2) is 157 Å². The molecule has 2 heteroatoms. The van der Waals surface area contributed by atoms with E-state index in [1.54, 1.807) is 0 Å². The number of hydrogen-bond acceptors (Lipinski definition) is 1. The van der Waals surface area contributed by atoms with E-state index in [4.69, 9.17) is 0 Å². The molecule has 2 unspecified atom stereocenters. The second kappa shape index (κ2) is 11.9. The fourth-order valence-corrected chi connectivity index (χ4v) is 9.51. The maximum atomic E-state index is 2.67. The first kappa shape index (κ1) is 30.9. The van der Waals surface area contributed by atoms with Crippen LogP contribution < -0.4 is 15.5 Å². The molecule has 0 N–H and O–H groups in total. The van der Waals surface area contributed by atoms with Crippen LogP contribution in [0, 0.1) is 5.92 Å². The minimum absolute atomic E-state index is 0.00918. The Bertz CT molecular complexity index is 2730. The molecule has 52 heavy (non-hydrogen) atoms. The van der Waals surface area contributed by atoms with E-state index in [2.05, 4.69) is 194 Å². The molecule has 0 spiro atoms. The highest BCUT2D eigenvalue weighted by Gasteiger charge is 2.37. The maximum absolute atomic E-state index is 2.67. The van der Waals surface area contributed by atoms with Gasteiger partial charge in [-0.25, -0.2) is 0 Å². The average molecular weight is 671 g/mol. The molecule has 6 aromatic carbocycles. The molecule has 1 heterocycles. The maximum Gasteiger partial charge on any atom is 0.0564 e. The second-order valence-electron chi connectivity index (χ2n) is 15.3. The van der Waals surface area contributed by atoms with Crippen LogP contribution >= 0.6 is 0 Å². The highest BCUT2D eigenvalue weighted by molar-refractivity contribution is 5.96. The summed E-state index contributed by atoms with van der Waals surface area (Å²) < 4.78 is 2.44. The molecule has 2 nitrogen and oxygen atoms in total. The van der Waals surface area contributed by atoms with Crippen LogP contribution in [0.3, 0.4) is 0 Å². The zero-order valence-corrected chi connectivity index (χ0v) is 30.1. The topological polar surface area (TPSA) is 8.17 Å². The van der Waals surface area contributed by atoms with Crippen LogP contribution in [0.4, 0.5) is 5.69 Å². The molecule has 0 bridgehead atoms. The summed E-state index contributed by atoms with van der Waals surface area (Å²) in [5.41, 5.74) is 13.6. The van der Waals surface area contributed by atoms with Gasteiger partial charge in [-0.2, -0.15) is 0 Å². The van der Waals surface area contributed by atoms with E-state index < -0.39 is 0 Å². The number of hydrogen-bond donors (Lipinski definition) is 0. The molecule has 0 aliphatic heterocycles. The zero-order valence-electron chi connectivity index (χ0n) is 30.1. The molecule has 0 fully saturated rings. The molecule has 0 saturated carbocycles. The largest absolute Gasteiger partial charge is 0.337 e. The first-order valence-electron chi connectivity index (χ1n) is 18.8. The number of anilines is 1. The number of rotatable bonds is 5. The molecule has 252 valence electrons. The zero-order chi connectivity index (χ0) is 35.0. The molecule has 10 rings (SSSR count). The van der Waals surface area contributed by atoms with Gasteiger partial charge < -0.3 is 9.47 Å². The smallest absolute Gasteiger partial charge is 0.0564 e. The molecular formula is C50H42N2. The van der Waals surface area contributed by atoms with Crippen molar-refractivity contribution in [3.05, 3.63) is 185 Å². The van der Waals surface area contributed by atoms with Gasteiger partial charge >= 0.3 is 0 Å². The number of para-hydroxylation sites is 2. The van der Waals surface area contributed by atoms with Gasteiger partial charge in [0, 0.05) is 49.7 Å². The van der Waals surface area contributed by atoms with E-state index in [0.29, 0.717) is 5.92 Å². The Hall–Kier alpha value is -5.86. The lowest BCUT2D eigenvalue weighted by atomic mass is 9.80. The third-order valence-corrected chi connectivity index (χ3v) is 12.0. The Morgan fingerprint density at radius 3 is 2.21 bits per heavy atom. The molecule has 3 aliphatic carbocycles.